The molecule has 0 saturated heterocycles. The average Bonchev–Trinajstić information content (AvgIpc) is 2.70. The number of aryl methyl sites for hydroxylation is 1. The zero-order chi connectivity index (χ0) is 21.0. The molecule has 2 aromatic rings. The fraction of sp³-hybridized carbons (Fsp3) is 0.409. The highest BCUT2D eigenvalue weighted by molar-refractivity contribution is 7.89. The fourth-order valence-corrected chi connectivity index (χ4v) is 5.18. The van der Waals surface area contributed by atoms with Crippen LogP contribution in [-0.4, -0.2) is 49.7 Å². The Morgan fingerprint density at radius 1 is 1.10 bits per heavy atom. The van der Waals surface area contributed by atoms with E-state index in [2.05, 4.69) is 22.3 Å². The van der Waals surface area contributed by atoms with Gasteiger partial charge in [-0.1, -0.05) is 44.2 Å². The van der Waals surface area contributed by atoms with Gasteiger partial charge in [-0.25, -0.2) is 8.42 Å². The lowest BCUT2D eigenvalue weighted by molar-refractivity contribution is -0.117. The number of carbonyl (C=O) groups excluding carboxylic acids is 1. The van der Waals surface area contributed by atoms with E-state index in [-0.39, 0.29) is 17.3 Å². The van der Waals surface area contributed by atoms with Gasteiger partial charge in [0.25, 0.3) is 0 Å². The average molecular weight is 416 g/mol. The van der Waals surface area contributed by atoms with Crippen molar-refractivity contribution in [2.45, 2.75) is 38.6 Å². The Labute approximate surface area is 173 Å². The normalized spacial score (nSPS) is 14.6. The summed E-state index contributed by atoms with van der Waals surface area (Å²) in [6.07, 6.45) is 0.931. The van der Waals surface area contributed by atoms with Gasteiger partial charge in [0.2, 0.25) is 15.9 Å². The number of rotatable bonds is 7. The van der Waals surface area contributed by atoms with Crippen LogP contribution in [0.2, 0.25) is 0 Å². The number of sulfonamides is 1. The summed E-state index contributed by atoms with van der Waals surface area (Å²) >= 11 is 0. The molecule has 156 valence electrons. The van der Waals surface area contributed by atoms with Gasteiger partial charge in [0.15, 0.2) is 0 Å². The molecule has 0 radical (unpaired) electrons. The lowest BCUT2D eigenvalue weighted by atomic mass is 10.00. The third kappa shape index (κ3) is 4.86. The zero-order valence-electron chi connectivity index (χ0n) is 17.3. The summed E-state index contributed by atoms with van der Waals surface area (Å²) in [5.41, 5.74) is 3.98. The number of benzene rings is 2. The van der Waals surface area contributed by atoms with Crippen molar-refractivity contribution in [1.82, 2.24) is 9.21 Å². The Balaban J connectivity index is 1.71. The van der Waals surface area contributed by atoms with Gasteiger partial charge in [-0.15, -0.1) is 0 Å². The van der Waals surface area contributed by atoms with E-state index >= 15 is 0 Å². The predicted octanol–water partition coefficient (Wildman–Crippen LogP) is 3.02. The second kappa shape index (κ2) is 9.07. The summed E-state index contributed by atoms with van der Waals surface area (Å²) in [7, 11) is -3.57. The first-order valence-electron chi connectivity index (χ1n) is 10.0. The minimum Gasteiger partial charge on any atom is -0.325 e. The van der Waals surface area contributed by atoms with Gasteiger partial charge in [-0.05, 0) is 42.2 Å². The molecule has 0 aliphatic carbocycles. The third-order valence-corrected chi connectivity index (χ3v) is 7.45. The van der Waals surface area contributed by atoms with E-state index < -0.39 is 10.0 Å². The topological polar surface area (TPSA) is 69.7 Å². The van der Waals surface area contributed by atoms with Gasteiger partial charge >= 0.3 is 0 Å². The number of nitrogens with zero attached hydrogens (tertiary/aromatic N) is 2. The molecule has 0 unspecified atom stereocenters. The molecular weight excluding hydrogens is 386 g/mol. The van der Waals surface area contributed by atoms with Crippen molar-refractivity contribution in [3.63, 3.8) is 0 Å². The number of hydrogen-bond acceptors (Lipinski definition) is 4. The Morgan fingerprint density at radius 3 is 2.48 bits per heavy atom. The molecule has 2 aromatic carbocycles. The number of nitrogens with one attached hydrogen (secondary N) is 1. The van der Waals surface area contributed by atoms with Crippen molar-refractivity contribution in [3.8, 4) is 0 Å². The molecule has 6 nitrogen and oxygen atoms in total. The highest BCUT2D eigenvalue weighted by Gasteiger charge is 2.23. The van der Waals surface area contributed by atoms with Gasteiger partial charge in [-0.3, -0.25) is 9.69 Å². The van der Waals surface area contributed by atoms with Crippen LogP contribution in [0.25, 0.3) is 0 Å². The predicted molar refractivity (Wildman–Crippen MR) is 115 cm³/mol. The maximum Gasteiger partial charge on any atom is 0.243 e. The van der Waals surface area contributed by atoms with Gasteiger partial charge in [-0.2, -0.15) is 4.31 Å². The molecule has 1 aliphatic heterocycles. The van der Waals surface area contributed by atoms with Crippen molar-refractivity contribution >= 4 is 21.6 Å². The highest BCUT2D eigenvalue weighted by Crippen LogP contribution is 2.23. The van der Waals surface area contributed by atoms with Crippen molar-refractivity contribution in [3.05, 3.63) is 59.2 Å². The number of fused-ring (bicyclic) bond motifs is 1. The Kier molecular flexibility index (Phi) is 6.72. The van der Waals surface area contributed by atoms with Crippen LogP contribution >= 0.6 is 0 Å². The molecule has 0 saturated carbocycles. The minimum absolute atomic E-state index is 0.134. The standard InChI is InChI=1S/C22H29N3O3S/c1-4-25(5-2)29(27,28)20-11-10-17(3)21(14-20)23-22(26)16-24-13-12-18-8-6-7-9-19(18)15-24/h6-11,14H,4-5,12-13,15-16H2,1-3H3,(H,23,26). The first kappa shape index (κ1) is 21.5. The fourth-order valence-electron chi connectivity index (χ4n) is 3.69. The third-order valence-electron chi connectivity index (χ3n) is 5.40. The molecule has 29 heavy (non-hydrogen) atoms. The number of amides is 1. The van der Waals surface area contributed by atoms with Crippen LogP contribution in [0.4, 0.5) is 5.69 Å². The Bertz CT molecular complexity index is 985. The summed E-state index contributed by atoms with van der Waals surface area (Å²) < 4.78 is 27.0. The molecule has 1 heterocycles. The molecule has 0 bridgehead atoms. The summed E-state index contributed by atoms with van der Waals surface area (Å²) in [5.74, 6) is -0.134. The quantitative estimate of drug-likeness (QED) is 0.755. The maximum atomic E-state index is 12.8. The summed E-state index contributed by atoms with van der Waals surface area (Å²) in [5, 5.41) is 2.91. The largest absolute Gasteiger partial charge is 0.325 e. The Morgan fingerprint density at radius 2 is 1.79 bits per heavy atom. The SMILES string of the molecule is CCN(CC)S(=O)(=O)c1ccc(C)c(NC(=O)CN2CCc3ccccc3C2)c1. The van der Waals surface area contributed by atoms with Crippen LogP contribution in [0.15, 0.2) is 47.4 Å². The van der Waals surface area contributed by atoms with Gasteiger partial charge in [0.05, 0.1) is 11.4 Å². The monoisotopic (exact) mass is 415 g/mol. The highest BCUT2D eigenvalue weighted by atomic mass is 32.2. The smallest absolute Gasteiger partial charge is 0.243 e. The number of anilines is 1. The molecule has 0 spiro atoms. The molecule has 1 aliphatic rings. The second-order valence-corrected chi connectivity index (χ2v) is 9.28. The molecule has 1 N–H and O–H groups in total. The summed E-state index contributed by atoms with van der Waals surface area (Å²) in [4.78, 5) is 15.0. The van der Waals surface area contributed by atoms with Crippen molar-refractivity contribution in [2.24, 2.45) is 0 Å². The van der Waals surface area contributed by atoms with E-state index in [1.165, 1.54) is 15.4 Å². The summed E-state index contributed by atoms with van der Waals surface area (Å²) in [6.45, 7) is 8.17. The van der Waals surface area contributed by atoms with Crippen LogP contribution in [0.3, 0.4) is 0 Å². The van der Waals surface area contributed by atoms with E-state index in [1.54, 1.807) is 18.2 Å². The molecular formula is C22H29N3O3S. The van der Waals surface area contributed by atoms with Crippen LogP contribution in [-0.2, 0) is 27.8 Å². The zero-order valence-corrected chi connectivity index (χ0v) is 18.1. The minimum atomic E-state index is -3.57. The lowest BCUT2D eigenvalue weighted by Crippen LogP contribution is -2.37. The van der Waals surface area contributed by atoms with Crippen molar-refractivity contribution < 1.29 is 13.2 Å². The van der Waals surface area contributed by atoms with Gasteiger partial charge < -0.3 is 5.32 Å². The maximum absolute atomic E-state index is 12.8. The summed E-state index contributed by atoms with van der Waals surface area (Å²) in [6, 6.07) is 13.2. The van der Waals surface area contributed by atoms with E-state index in [9.17, 15) is 13.2 Å². The molecule has 7 heteroatoms. The first-order chi connectivity index (χ1) is 13.8. The first-order valence-corrected chi connectivity index (χ1v) is 11.5. The van der Waals surface area contributed by atoms with Crippen LogP contribution in [0.5, 0.6) is 0 Å². The number of carbonyl (C=O) groups is 1. The molecule has 0 fully saturated rings. The molecule has 3 rings (SSSR count). The van der Waals surface area contributed by atoms with Crippen molar-refractivity contribution in [2.75, 3.05) is 31.5 Å². The Hall–Kier alpha value is -2.22. The van der Waals surface area contributed by atoms with Gasteiger partial charge in [0, 0.05) is 31.9 Å². The van der Waals surface area contributed by atoms with Gasteiger partial charge in [0.1, 0.15) is 0 Å². The van der Waals surface area contributed by atoms with E-state index in [1.807, 2.05) is 32.9 Å². The van der Waals surface area contributed by atoms with E-state index in [4.69, 9.17) is 0 Å². The van der Waals surface area contributed by atoms with Crippen LogP contribution in [0.1, 0.15) is 30.5 Å². The van der Waals surface area contributed by atoms with E-state index in [0.717, 1.165) is 25.1 Å². The second-order valence-electron chi connectivity index (χ2n) is 7.34. The number of hydrogen-bond donors (Lipinski definition) is 1. The molecule has 0 atom stereocenters. The van der Waals surface area contributed by atoms with Crippen LogP contribution < -0.4 is 5.32 Å². The molecule has 0 aromatic heterocycles. The molecule has 1 amide bonds. The van der Waals surface area contributed by atoms with Crippen molar-refractivity contribution in [1.29, 1.82) is 0 Å². The van der Waals surface area contributed by atoms with E-state index in [0.29, 0.717) is 18.8 Å². The lowest BCUT2D eigenvalue weighted by Gasteiger charge is -2.28. The van der Waals surface area contributed by atoms with Crippen LogP contribution in [0, 0.1) is 6.92 Å².